The smallest absolute Gasteiger partial charge is 0.259 e. The monoisotopic (exact) mass is 238 g/mol. The first-order valence-electron chi connectivity index (χ1n) is 5.62. The first kappa shape index (κ1) is 13.3. The fourth-order valence-corrected chi connectivity index (χ4v) is 1.60. The van der Waals surface area contributed by atoms with Crippen LogP contribution < -0.4 is 11.1 Å². The van der Waals surface area contributed by atoms with Gasteiger partial charge in [-0.1, -0.05) is 13.0 Å². The van der Waals surface area contributed by atoms with E-state index in [0.717, 1.165) is 6.42 Å². The summed E-state index contributed by atoms with van der Waals surface area (Å²) in [4.78, 5) is 11.9. The van der Waals surface area contributed by atoms with E-state index in [2.05, 4.69) is 5.32 Å². The van der Waals surface area contributed by atoms with E-state index in [0.29, 0.717) is 13.0 Å². The van der Waals surface area contributed by atoms with Crippen molar-refractivity contribution in [3.05, 3.63) is 23.8 Å². The van der Waals surface area contributed by atoms with Crippen molar-refractivity contribution < 1.29 is 15.0 Å². The summed E-state index contributed by atoms with van der Waals surface area (Å²) in [6.45, 7) is 2.41. The molecule has 0 radical (unpaired) electrons. The molecule has 0 spiro atoms. The van der Waals surface area contributed by atoms with Gasteiger partial charge in [-0.2, -0.15) is 0 Å². The summed E-state index contributed by atoms with van der Waals surface area (Å²) in [5.41, 5.74) is 5.33. The van der Waals surface area contributed by atoms with Crippen molar-refractivity contribution in [2.75, 3.05) is 6.54 Å². The molecular weight excluding hydrogens is 220 g/mol. The normalized spacial score (nSPS) is 12.1. The van der Waals surface area contributed by atoms with Gasteiger partial charge in [0.15, 0.2) is 0 Å². The van der Waals surface area contributed by atoms with E-state index in [1.807, 2.05) is 6.92 Å². The van der Waals surface area contributed by atoms with Gasteiger partial charge in [-0.25, -0.2) is 0 Å². The SMILES string of the molecule is CCC(CCN)NC(=O)c1c(O)cccc1O. The van der Waals surface area contributed by atoms with E-state index in [1.165, 1.54) is 18.2 Å². The van der Waals surface area contributed by atoms with Gasteiger partial charge in [0.25, 0.3) is 5.91 Å². The molecule has 0 fully saturated rings. The number of amides is 1. The fraction of sp³-hybridized carbons (Fsp3) is 0.417. The number of nitrogens with one attached hydrogen (secondary N) is 1. The van der Waals surface area contributed by atoms with Gasteiger partial charge >= 0.3 is 0 Å². The minimum Gasteiger partial charge on any atom is -0.507 e. The van der Waals surface area contributed by atoms with E-state index in [9.17, 15) is 15.0 Å². The Kier molecular flexibility index (Phi) is 4.78. The highest BCUT2D eigenvalue weighted by atomic mass is 16.3. The Balaban J connectivity index is 2.82. The summed E-state index contributed by atoms with van der Waals surface area (Å²) in [5, 5.41) is 21.8. The molecule has 5 nitrogen and oxygen atoms in total. The molecule has 1 atom stereocenters. The predicted octanol–water partition coefficient (Wildman–Crippen LogP) is 0.955. The molecule has 0 saturated heterocycles. The van der Waals surface area contributed by atoms with Gasteiger partial charge in [0, 0.05) is 6.04 Å². The summed E-state index contributed by atoms with van der Waals surface area (Å²) in [5.74, 6) is -0.948. The Morgan fingerprint density at radius 3 is 2.47 bits per heavy atom. The highest BCUT2D eigenvalue weighted by Gasteiger charge is 2.18. The Morgan fingerprint density at radius 2 is 2.00 bits per heavy atom. The van der Waals surface area contributed by atoms with E-state index >= 15 is 0 Å². The lowest BCUT2D eigenvalue weighted by molar-refractivity contribution is 0.0929. The van der Waals surface area contributed by atoms with Crippen molar-refractivity contribution >= 4 is 5.91 Å². The molecule has 0 aliphatic carbocycles. The van der Waals surface area contributed by atoms with Crippen molar-refractivity contribution in [3.8, 4) is 11.5 Å². The third-order valence-electron chi connectivity index (χ3n) is 2.59. The van der Waals surface area contributed by atoms with Gasteiger partial charge in [-0.15, -0.1) is 0 Å². The summed E-state index contributed by atoms with van der Waals surface area (Å²) in [6.07, 6.45) is 1.41. The molecule has 0 aromatic heterocycles. The minimum atomic E-state index is -0.485. The summed E-state index contributed by atoms with van der Waals surface area (Å²) < 4.78 is 0. The molecule has 17 heavy (non-hydrogen) atoms. The molecule has 5 heteroatoms. The van der Waals surface area contributed by atoms with Crippen LogP contribution in [-0.2, 0) is 0 Å². The van der Waals surface area contributed by atoms with Crippen LogP contribution in [0.5, 0.6) is 11.5 Å². The van der Waals surface area contributed by atoms with E-state index in [-0.39, 0.29) is 23.1 Å². The molecule has 1 aromatic rings. The van der Waals surface area contributed by atoms with Gasteiger partial charge in [0.2, 0.25) is 0 Å². The summed E-state index contributed by atoms with van der Waals surface area (Å²) in [7, 11) is 0. The number of hydrogen-bond donors (Lipinski definition) is 4. The number of phenolic OH excluding ortho intramolecular Hbond substituents is 2. The van der Waals surface area contributed by atoms with Crippen LogP contribution in [0.2, 0.25) is 0 Å². The molecule has 1 aromatic carbocycles. The number of rotatable bonds is 5. The molecular formula is C12H18N2O3. The highest BCUT2D eigenvalue weighted by molar-refractivity contribution is 5.99. The van der Waals surface area contributed by atoms with Crippen LogP contribution in [0.1, 0.15) is 30.1 Å². The quantitative estimate of drug-likeness (QED) is 0.614. The Morgan fingerprint density at radius 1 is 1.41 bits per heavy atom. The second-order valence-electron chi connectivity index (χ2n) is 3.83. The molecule has 1 unspecified atom stereocenters. The lowest BCUT2D eigenvalue weighted by atomic mass is 10.1. The largest absolute Gasteiger partial charge is 0.507 e. The van der Waals surface area contributed by atoms with E-state index in [4.69, 9.17) is 5.73 Å². The first-order valence-corrected chi connectivity index (χ1v) is 5.62. The van der Waals surface area contributed by atoms with Crippen LogP contribution in [0.3, 0.4) is 0 Å². The van der Waals surface area contributed by atoms with Crippen LogP contribution >= 0.6 is 0 Å². The second-order valence-corrected chi connectivity index (χ2v) is 3.83. The topological polar surface area (TPSA) is 95.6 Å². The lowest BCUT2D eigenvalue weighted by Crippen LogP contribution is -2.35. The number of carbonyl (C=O) groups excluding carboxylic acids is 1. The van der Waals surface area contributed by atoms with E-state index < -0.39 is 5.91 Å². The van der Waals surface area contributed by atoms with Gasteiger partial charge in [-0.3, -0.25) is 4.79 Å². The van der Waals surface area contributed by atoms with Gasteiger partial charge in [0.1, 0.15) is 17.1 Å². The van der Waals surface area contributed by atoms with Crippen molar-refractivity contribution in [3.63, 3.8) is 0 Å². The number of aromatic hydroxyl groups is 2. The molecule has 1 amide bonds. The summed E-state index contributed by atoms with van der Waals surface area (Å²) in [6, 6.07) is 4.14. The number of benzene rings is 1. The Bertz CT molecular complexity index is 373. The maximum absolute atomic E-state index is 11.9. The van der Waals surface area contributed by atoms with E-state index in [1.54, 1.807) is 0 Å². The minimum absolute atomic E-state index is 0.0495. The highest BCUT2D eigenvalue weighted by Crippen LogP contribution is 2.26. The predicted molar refractivity (Wildman–Crippen MR) is 65.0 cm³/mol. The maximum atomic E-state index is 11.9. The lowest BCUT2D eigenvalue weighted by Gasteiger charge is -2.16. The zero-order chi connectivity index (χ0) is 12.8. The van der Waals surface area contributed by atoms with Crippen molar-refractivity contribution in [2.45, 2.75) is 25.8 Å². The zero-order valence-corrected chi connectivity index (χ0v) is 9.81. The molecule has 0 aliphatic heterocycles. The molecule has 5 N–H and O–H groups in total. The molecule has 1 rings (SSSR count). The van der Waals surface area contributed by atoms with Crippen LogP contribution in [0.15, 0.2) is 18.2 Å². The number of carbonyl (C=O) groups is 1. The molecule has 0 saturated carbocycles. The van der Waals surface area contributed by atoms with Crippen LogP contribution in [0.25, 0.3) is 0 Å². The van der Waals surface area contributed by atoms with Gasteiger partial charge in [-0.05, 0) is 31.5 Å². The maximum Gasteiger partial charge on any atom is 0.259 e. The number of hydrogen-bond acceptors (Lipinski definition) is 4. The second kappa shape index (κ2) is 6.10. The standard InChI is InChI=1S/C12H18N2O3/c1-2-8(6-7-13)14-12(17)11-9(15)4-3-5-10(11)16/h3-5,8,15-16H,2,6-7,13H2,1H3,(H,14,17). The van der Waals surface area contributed by atoms with Crippen molar-refractivity contribution in [1.29, 1.82) is 0 Å². The number of phenols is 2. The molecule has 0 heterocycles. The van der Waals surface area contributed by atoms with Gasteiger partial charge in [0.05, 0.1) is 0 Å². The molecule has 94 valence electrons. The molecule has 0 aliphatic rings. The van der Waals surface area contributed by atoms with Crippen LogP contribution in [-0.4, -0.2) is 28.7 Å². The average Bonchev–Trinajstić information content (AvgIpc) is 2.28. The summed E-state index contributed by atoms with van der Waals surface area (Å²) >= 11 is 0. The average molecular weight is 238 g/mol. The Labute approximate surface area is 100 Å². The first-order chi connectivity index (χ1) is 8.10. The zero-order valence-electron chi connectivity index (χ0n) is 9.81. The third-order valence-corrected chi connectivity index (χ3v) is 2.59. The van der Waals surface area contributed by atoms with Crippen LogP contribution in [0.4, 0.5) is 0 Å². The van der Waals surface area contributed by atoms with Gasteiger partial charge < -0.3 is 21.3 Å². The van der Waals surface area contributed by atoms with Crippen molar-refractivity contribution in [2.24, 2.45) is 5.73 Å². The number of nitrogens with two attached hydrogens (primary N) is 1. The fourth-order valence-electron chi connectivity index (χ4n) is 1.60. The Hall–Kier alpha value is -1.75. The third kappa shape index (κ3) is 3.35. The van der Waals surface area contributed by atoms with Crippen molar-refractivity contribution in [1.82, 2.24) is 5.32 Å². The molecule has 0 bridgehead atoms. The van der Waals surface area contributed by atoms with Crippen LogP contribution in [0, 0.1) is 0 Å².